The van der Waals surface area contributed by atoms with Crippen molar-refractivity contribution < 1.29 is 9.90 Å². The van der Waals surface area contributed by atoms with Crippen LogP contribution in [0.25, 0.3) is 11.3 Å². The van der Waals surface area contributed by atoms with Crippen LogP contribution in [0.3, 0.4) is 0 Å². The molecule has 7 heteroatoms. The number of carboxylic acids is 1. The van der Waals surface area contributed by atoms with Gasteiger partial charge in [0.1, 0.15) is 4.88 Å². The predicted octanol–water partition coefficient (Wildman–Crippen LogP) is 3.29. The SMILES string of the molecule is O=C(O)c1sc(N2C[C@@H]3C[C@@H](C2)c2cccc(=O)n2C3)nc1-c1ccccc1. The standard InChI is InChI=1S/C21H19N3O3S/c25-17-8-4-7-16-15-9-13(11-24(16)17)10-23(12-15)21-22-18(19(28-21)20(26)27)14-5-2-1-3-6-14/h1-8,13,15H,9-12H2,(H,26,27)/t13-,15-/m0/s1. The molecule has 5 rings (SSSR count). The quantitative estimate of drug-likeness (QED) is 0.739. The average Bonchev–Trinajstić information content (AvgIpc) is 3.15. The van der Waals surface area contributed by atoms with Gasteiger partial charge in [0.25, 0.3) is 5.56 Å². The zero-order valence-corrected chi connectivity index (χ0v) is 15.9. The van der Waals surface area contributed by atoms with E-state index in [-0.39, 0.29) is 16.4 Å². The highest BCUT2D eigenvalue weighted by Crippen LogP contribution is 2.40. The van der Waals surface area contributed by atoms with Crippen LogP contribution in [0.2, 0.25) is 0 Å². The Morgan fingerprint density at radius 3 is 2.68 bits per heavy atom. The zero-order chi connectivity index (χ0) is 19.3. The van der Waals surface area contributed by atoms with E-state index >= 15 is 0 Å². The molecular formula is C21H19N3O3S. The number of hydrogen-bond acceptors (Lipinski definition) is 5. The molecule has 2 aromatic heterocycles. The van der Waals surface area contributed by atoms with Gasteiger partial charge in [0, 0.05) is 42.9 Å². The van der Waals surface area contributed by atoms with Crippen molar-refractivity contribution in [2.24, 2.45) is 5.92 Å². The highest BCUT2D eigenvalue weighted by molar-refractivity contribution is 7.17. The second kappa shape index (κ2) is 6.60. The van der Waals surface area contributed by atoms with Crippen molar-refractivity contribution in [1.82, 2.24) is 9.55 Å². The van der Waals surface area contributed by atoms with Crippen molar-refractivity contribution in [2.45, 2.75) is 18.9 Å². The maximum absolute atomic E-state index is 12.2. The van der Waals surface area contributed by atoms with Crippen LogP contribution in [0.5, 0.6) is 0 Å². The molecule has 0 saturated carbocycles. The van der Waals surface area contributed by atoms with Crippen molar-refractivity contribution in [3.63, 3.8) is 0 Å². The van der Waals surface area contributed by atoms with E-state index in [0.29, 0.717) is 18.2 Å². The zero-order valence-electron chi connectivity index (χ0n) is 15.1. The molecule has 0 unspecified atom stereocenters. The molecule has 2 bridgehead atoms. The Kier molecular flexibility index (Phi) is 4.05. The number of benzene rings is 1. The number of aromatic carboxylic acids is 1. The third-order valence-electron chi connectivity index (χ3n) is 5.61. The fourth-order valence-electron chi connectivity index (χ4n) is 4.43. The first-order valence-corrected chi connectivity index (χ1v) is 10.2. The Morgan fingerprint density at radius 2 is 1.89 bits per heavy atom. The van der Waals surface area contributed by atoms with Crippen LogP contribution < -0.4 is 10.5 Å². The smallest absolute Gasteiger partial charge is 0.348 e. The maximum Gasteiger partial charge on any atom is 0.348 e. The normalized spacial score (nSPS) is 20.6. The first kappa shape index (κ1) is 17.2. The summed E-state index contributed by atoms with van der Waals surface area (Å²) < 4.78 is 1.90. The number of hydrogen-bond donors (Lipinski definition) is 1. The van der Waals surface area contributed by atoms with E-state index < -0.39 is 5.97 Å². The van der Waals surface area contributed by atoms with Crippen molar-refractivity contribution in [1.29, 1.82) is 0 Å². The first-order chi connectivity index (χ1) is 13.6. The Bertz CT molecular complexity index is 1110. The summed E-state index contributed by atoms with van der Waals surface area (Å²) in [5, 5.41) is 10.4. The van der Waals surface area contributed by atoms with E-state index in [9.17, 15) is 14.7 Å². The minimum Gasteiger partial charge on any atom is -0.477 e. The monoisotopic (exact) mass is 393 g/mol. The van der Waals surface area contributed by atoms with Gasteiger partial charge in [-0.05, 0) is 18.4 Å². The predicted molar refractivity (Wildman–Crippen MR) is 108 cm³/mol. The fraction of sp³-hybridized carbons (Fsp3) is 0.286. The minimum atomic E-state index is -0.947. The molecule has 1 saturated heterocycles. The largest absolute Gasteiger partial charge is 0.477 e. The van der Waals surface area contributed by atoms with Gasteiger partial charge in [-0.15, -0.1) is 0 Å². The molecule has 1 fully saturated rings. The van der Waals surface area contributed by atoms with Crippen molar-refractivity contribution in [3.05, 3.63) is 69.5 Å². The van der Waals surface area contributed by atoms with E-state index in [4.69, 9.17) is 4.98 Å². The number of pyridine rings is 1. The van der Waals surface area contributed by atoms with Crippen LogP contribution in [-0.2, 0) is 6.54 Å². The van der Waals surface area contributed by atoms with Gasteiger partial charge >= 0.3 is 5.97 Å². The van der Waals surface area contributed by atoms with E-state index in [1.807, 2.05) is 47.0 Å². The summed E-state index contributed by atoms with van der Waals surface area (Å²) in [5.41, 5.74) is 2.48. The number of rotatable bonds is 3. The van der Waals surface area contributed by atoms with E-state index in [0.717, 1.165) is 35.9 Å². The highest BCUT2D eigenvalue weighted by atomic mass is 32.1. The summed E-state index contributed by atoms with van der Waals surface area (Å²) in [6, 6.07) is 14.9. The van der Waals surface area contributed by atoms with Gasteiger partial charge < -0.3 is 14.6 Å². The highest BCUT2D eigenvalue weighted by Gasteiger charge is 2.36. The van der Waals surface area contributed by atoms with Gasteiger partial charge in [0.05, 0.1) is 5.69 Å². The Balaban J connectivity index is 1.51. The number of thiazole rings is 1. The number of aromatic nitrogens is 2. The summed E-state index contributed by atoms with van der Waals surface area (Å²) >= 11 is 1.24. The van der Waals surface area contributed by atoms with Gasteiger partial charge in [0.2, 0.25) is 0 Å². The molecule has 4 heterocycles. The molecule has 2 atom stereocenters. The number of anilines is 1. The molecule has 6 nitrogen and oxygen atoms in total. The van der Waals surface area contributed by atoms with Crippen LogP contribution in [0.1, 0.15) is 27.7 Å². The molecule has 28 heavy (non-hydrogen) atoms. The summed E-state index contributed by atoms with van der Waals surface area (Å²) in [6.07, 6.45) is 1.06. The lowest BCUT2D eigenvalue weighted by Gasteiger charge is -2.42. The first-order valence-electron chi connectivity index (χ1n) is 9.34. The van der Waals surface area contributed by atoms with Crippen LogP contribution in [0, 0.1) is 5.92 Å². The second-order valence-corrected chi connectivity index (χ2v) is 8.43. The van der Waals surface area contributed by atoms with Crippen LogP contribution >= 0.6 is 11.3 Å². The molecule has 2 aliphatic rings. The summed E-state index contributed by atoms with van der Waals surface area (Å²) in [4.78, 5) is 31.2. The average molecular weight is 393 g/mol. The molecule has 1 aromatic carbocycles. The second-order valence-electron chi connectivity index (χ2n) is 7.45. The molecule has 3 aromatic rings. The van der Waals surface area contributed by atoms with Gasteiger partial charge in [0.15, 0.2) is 5.13 Å². The molecule has 0 radical (unpaired) electrons. The van der Waals surface area contributed by atoms with E-state index in [1.54, 1.807) is 6.07 Å². The van der Waals surface area contributed by atoms with Crippen LogP contribution in [-0.4, -0.2) is 33.7 Å². The van der Waals surface area contributed by atoms with Crippen molar-refractivity contribution in [3.8, 4) is 11.3 Å². The lowest BCUT2D eigenvalue weighted by molar-refractivity contribution is 0.0702. The Hall–Kier alpha value is -2.93. The molecule has 0 spiro atoms. The number of fused-ring (bicyclic) bond motifs is 4. The number of carboxylic acid groups (broad SMARTS) is 1. The molecule has 0 aliphatic carbocycles. The number of nitrogens with zero attached hydrogens (tertiary/aromatic N) is 3. The van der Waals surface area contributed by atoms with Crippen molar-refractivity contribution in [2.75, 3.05) is 18.0 Å². The van der Waals surface area contributed by atoms with Gasteiger partial charge in [-0.2, -0.15) is 0 Å². The van der Waals surface area contributed by atoms with Crippen LogP contribution in [0.4, 0.5) is 5.13 Å². The van der Waals surface area contributed by atoms with Crippen molar-refractivity contribution >= 4 is 22.4 Å². The minimum absolute atomic E-state index is 0.0643. The molecule has 0 amide bonds. The third kappa shape index (κ3) is 2.82. The Labute approximate surface area is 165 Å². The summed E-state index contributed by atoms with van der Waals surface area (Å²) in [7, 11) is 0. The molecule has 1 N–H and O–H groups in total. The molecular weight excluding hydrogens is 374 g/mol. The van der Waals surface area contributed by atoms with Crippen LogP contribution in [0.15, 0.2) is 53.3 Å². The topological polar surface area (TPSA) is 75.4 Å². The number of piperidine rings is 1. The summed E-state index contributed by atoms with van der Waals surface area (Å²) in [5.74, 6) is -0.320. The Morgan fingerprint density at radius 1 is 1.07 bits per heavy atom. The number of carbonyl (C=O) groups is 1. The lowest BCUT2D eigenvalue weighted by Crippen LogP contribution is -2.47. The lowest BCUT2D eigenvalue weighted by atomic mass is 9.83. The maximum atomic E-state index is 12.2. The summed E-state index contributed by atoms with van der Waals surface area (Å²) in [6.45, 7) is 2.25. The van der Waals surface area contributed by atoms with Gasteiger partial charge in [-0.1, -0.05) is 47.7 Å². The van der Waals surface area contributed by atoms with Gasteiger partial charge in [-0.25, -0.2) is 9.78 Å². The molecule has 142 valence electrons. The fourth-order valence-corrected chi connectivity index (χ4v) is 5.38. The molecule has 2 aliphatic heterocycles. The third-order valence-corrected chi connectivity index (χ3v) is 6.71. The van der Waals surface area contributed by atoms with E-state index in [2.05, 4.69) is 4.90 Å². The van der Waals surface area contributed by atoms with E-state index in [1.165, 1.54) is 11.3 Å². The van der Waals surface area contributed by atoms with Gasteiger partial charge in [-0.3, -0.25) is 4.79 Å².